The molecule has 0 atom stereocenters. The van der Waals surface area contributed by atoms with Crippen LogP contribution < -0.4 is 39.0 Å². The SMILES string of the molecule is Cc1ccc2nc(Nc3c(Cl)cc(NS(=O)(=O)c4ccc(C(F)(F)F)cc4Cl)cc3Cl)sc2c1.O=S(=O)(Nc1cc(Cl)c(Nc2nc3ccc(Cl)cc3s2)c(Cl)c1)c1ccc(Cl)cc1Cl.O=S(=O)(Nc1cc(Cl)c(Oc2nc3ccc(Cl)cc3s2)c(Cl)c1)c1ccc(C(F)(F)F)cc1Cl.O=S(=O)(Nc1cc(Cl)c(Oc2nc3ccc(Cl)cc3s2)c(Cl)c1)c1ccc(Cl)cc1Cl. The zero-order valence-corrected chi connectivity index (χ0v) is 82.7. The van der Waals surface area contributed by atoms with Gasteiger partial charge in [0.25, 0.3) is 50.5 Å². The molecule has 0 aliphatic rings. The molecule has 0 bridgehead atoms. The van der Waals surface area contributed by atoms with Crippen LogP contribution in [0.4, 0.5) is 70.7 Å². The highest BCUT2D eigenvalue weighted by Crippen LogP contribution is 2.48. The number of anilines is 8. The Balaban J connectivity index is 0.000000148. The van der Waals surface area contributed by atoms with Gasteiger partial charge in [-0.2, -0.15) is 26.3 Å². The number of nitrogens with zero attached hydrogens (tertiary/aromatic N) is 4. The third kappa shape index (κ3) is 24.8. The van der Waals surface area contributed by atoms with Gasteiger partial charge >= 0.3 is 12.4 Å². The molecule has 0 aliphatic heterocycles. The van der Waals surface area contributed by atoms with Gasteiger partial charge in [-0.3, -0.25) is 18.9 Å². The minimum atomic E-state index is -4.67. The number of nitrogens with one attached hydrogen (secondary N) is 6. The first-order valence-corrected chi connectivity index (χ1v) is 50.7. The molecule has 4 heterocycles. The summed E-state index contributed by atoms with van der Waals surface area (Å²) in [6.45, 7) is 1.97. The van der Waals surface area contributed by atoms with Crippen molar-refractivity contribution in [3.63, 3.8) is 0 Å². The summed E-state index contributed by atoms with van der Waals surface area (Å²) >= 11 is 109. The van der Waals surface area contributed by atoms with E-state index in [-0.39, 0.29) is 99.5 Å². The summed E-state index contributed by atoms with van der Waals surface area (Å²) in [4.78, 5) is 16.2. The van der Waals surface area contributed by atoms with Gasteiger partial charge in [0, 0.05) is 25.1 Å². The lowest BCUT2D eigenvalue weighted by Gasteiger charge is -2.14. The summed E-state index contributed by atoms with van der Waals surface area (Å²) in [5, 5.41) is 9.57. The van der Waals surface area contributed by atoms with E-state index in [2.05, 4.69) is 49.5 Å². The standard InChI is InChI=1S/C21H13Cl3F3N3O2S2.C20H9Cl4F3N2O3S2.C19H10Cl5N3O2S2.C19H9Cl5N2O3S2/c1-10-2-4-16-17(6-10)33-20(28-16)29-19-14(23)8-12(9-15(19)24)30-34(31,32)18-5-3-11(7-13(18)22)21(25,26)27;21-10-2-3-15-16(6-10)33-19(28-15)32-18-13(23)7-11(8-14(18)24)29-34(30,31)17-4-1-9(5-12(17)22)20(25,26)27;20-9-2-4-17(12(22)5-9)31(28,29)27-11-7-13(23)18(14(24)8-11)26-19-25-15-3-1-10(21)6-16(15)30-19;20-9-2-4-17(12(22)5-9)31(27,28)26-11-7-13(23)18(14(24)8-11)29-19-25-15-3-1-10(21)6-16(15)30-19/h2-9,30H,1H3,(H,28,29);1-8,29H;1-8,27H,(H,25,26);1-8,26H. The van der Waals surface area contributed by atoms with Gasteiger partial charge in [-0.25, -0.2) is 53.6 Å². The van der Waals surface area contributed by atoms with E-state index in [9.17, 15) is 60.0 Å². The Kier molecular flexibility index (Phi) is 31.5. The van der Waals surface area contributed by atoms with E-state index in [0.29, 0.717) is 87.2 Å². The fourth-order valence-electron chi connectivity index (χ4n) is 11.2. The fraction of sp³-hybridized carbons (Fsp3) is 0.0380. The van der Waals surface area contributed by atoms with E-state index >= 15 is 0 Å². The zero-order valence-electron chi connectivity index (χ0n) is 63.3. The first-order chi connectivity index (χ1) is 60.9. The molecule has 0 amide bonds. The topological polar surface area (TPSA) is 279 Å². The third-order valence-corrected chi connectivity index (χ3v) is 31.6. The quantitative estimate of drug-likeness (QED) is 0.0387. The van der Waals surface area contributed by atoms with Crippen molar-refractivity contribution in [3.05, 3.63) is 296 Å². The van der Waals surface area contributed by atoms with Gasteiger partial charge in [-0.05, 0) is 201 Å². The van der Waals surface area contributed by atoms with Crippen molar-refractivity contribution in [2.75, 3.05) is 29.5 Å². The van der Waals surface area contributed by atoms with Crippen LogP contribution in [0.25, 0.3) is 40.9 Å². The maximum absolute atomic E-state index is 12.8. The summed E-state index contributed by atoms with van der Waals surface area (Å²) in [6, 6.07) is 44.2. The number of aromatic nitrogens is 4. The molecule has 0 spiro atoms. The molecule has 4 aromatic heterocycles. The second-order valence-electron chi connectivity index (χ2n) is 26.3. The van der Waals surface area contributed by atoms with E-state index in [1.807, 2.05) is 37.3 Å². The lowest BCUT2D eigenvalue weighted by molar-refractivity contribution is -0.138. The molecular formula is C79H41Cl17F6N10O10S8. The highest BCUT2D eigenvalue weighted by Gasteiger charge is 2.35. The van der Waals surface area contributed by atoms with E-state index in [0.717, 1.165) is 47.5 Å². The van der Waals surface area contributed by atoms with E-state index in [1.54, 1.807) is 42.5 Å². The van der Waals surface area contributed by atoms with Crippen molar-refractivity contribution in [1.82, 2.24) is 19.9 Å². The number of thiazole rings is 4. The monoisotopic (exact) mass is 2250 g/mol. The summed E-state index contributed by atoms with van der Waals surface area (Å²) in [5.74, 6) is 0.171. The van der Waals surface area contributed by atoms with Crippen LogP contribution in [0.3, 0.4) is 0 Å². The Morgan fingerprint density at radius 1 is 0.285 bits per heavy atom. The number of aryl methyl sites for hydroxylation is 1. The highest BCUT2D eigenvalue weighted by atomic mass is 35.5. The van der Waals surface area contributed by atoms with Crippen LogP contribution in [0, 0.1) is 6.92 Å². The second kappa shape index (κ2) is 40.8. The Labute approximate surface area is 834 Å². The fourth-order valence-corrected chi connectivity index (χ4v) is 24.6. The molecule has 12 aromatic carbocycles. The number of hydrogen-bond acceptors (Lipinski definition) is 20. The molecular weight excluding hydrogens is 2220 g/mol. The van der Waals surface area contributed by atoms with Crippen LogP contribution in [0.1, 0.15) is 16.7 Å². The molecule has 16 aromatic rings. The Hall–Kier alpha value is -7.09. The number of alkyl halides is 6. The van der Waals surface area contributed by atoms with Crippen LogP contribution in [-0.4, -0.2) is 53.6 Å². The molecule has 51 heteroatoms. The van der Waals surface area contributed by atoms with Crippen molar-refractivity contribution >= 4 is 368 Å². The lowest BCUT2D eigenvalue weighted by Crippen LogP contribution is -2.14. The van der Waals surface area contributed by atoms with Gasteiger partial charge < -0.3 is 20.1 Å². The summed E-state index contributed by atoms with van der Waals surface area (Å²) < 4.78 is 203. The third-order valence-electron chi connectivity index (χ3n) is 17.0. The second-order valence-corrected chi connectivity index (χ2v) is 44.0. The molecule has 20 nitrogen and oxygen atoms in total. The van der Waals surface area contributed by atoms with Gasteiger partial charge in [-0.1, -0.05) is 249 Å². The van der Waals surface area contributed by atoms with Crippen LogP contribution >= 0.6 is 243 Å². The van der Waals surface area contributed by atoms with Gasteiger partial charge in [-0.15, -0.1) is 0 Å². The van der Waals surface area contributed by atoms with Crippen LogP contribution in [-0.2, 0) is 52.4 Å². The number of benzene rings is 12. The van der Waals surface area contributed by atoms with E-state index in [1.165, 1.54) is 130 Å². The van der Waals surface area contributed by atoms with Crippen molar-refractivity contribution < 1.29 is 69.5 Å². The van der Waals surface area contributed by atoms with Gasteiger partial charge in [0.05, 0.1) is 146 Å². The van der Waals surface area contributed by atoms with Gasteiger partial charge in [0.2, 0.25) is 0 Å². The first kappa shape index (κ1) is 100. The molecule has 0 fully saturated rings. The zero-order chi connectivity index (χ0) is 94.3. The predicted molar refractivity (Wildman–Crippen MR) is 520 cm³/mol. The van der Waals surface area contributed by atoms with Crippen LogP contribution in [0.2, 0.25) is 85.4 Å². The number of halogens is 23. The minimum absolute atomic E-state index is 0.00330. The highest BCUT2D eigenvalue weighted by molar-refractivity contribution is 7.93. The van der Waals surface area contributed by atoms with Crippen molar-refractivity contribution in [2.24, 2.45) is 0 Å². The molecule has 0 saturated heterocycles. The molecule has 0 unspecified atom stereocenters. The maximum atomic E-state index is 12.8. The largest absolute Gasteiger partial charge is 0.428 e. The normalized spacial score (nSPS) is 11.9. The van der Waals surface area contributed by atoms with Crippen LogP contribution in [0.5, 0.6) is 21.9 Å². The molecule has 676 valence electrons. The number of ether oxygens (including phenoxy) is 2. The Morgan fingerprint density at radius 3 is 0.838 bits per heavy atom. The number of hydrogen-bond donors (Lipinski definition) is 6. The first-order valence-electron chi connectivity index (χ1n) is 35.1. The lowest BCUT2D eigenvalue weighted by atomic mass is 10.2. The summed E-state index contributed by atoms with van der Waals surface area (Å²) in [6.07, 6.45) is -9.34. The number of sulfonamides is 4. The predicted octanol–water partition coefficient (Wildman–Crippen LogP) is 32.9. The Morgan fingerprint density at radius 2 is 0.538 bits per heavy atom. The molecule has 0 radical (unpaired) electrons. The average molecular weight is 2260 g/mol. The smallest absolute Gasteiger partial charge is 0.416 e. The summed E-state index contributed by atoms with van der Waals surface area (Å²) in [7, 11) is -16.7. The maximum Gasteiger partial charge on any atom is 0.416 e. The molecule has 0 saturated carbocycles. The number of fused-ring (bicyclic) bond motifs is 4. The van der Waals surface area contributed by atoms with Crippen LogP contribution in [0.15, 0.2) is 214 Å². The van der Waals surface area contributed by atoms with Gasteiger partial charge in [0.1, 0.15) is 19.6 Å². The molecule has 6 N–H and O–H groups in total. The summed E-state index contributed by atoms with van der Waals surface area (Å²) in [5.41, 5.74) is 2.80. The van der Waals surface area contributed by atoms with Gasteiger partial charge in [0.15, 0.2) is 21.8 Å². The van der Waals surface area contributed by atoms with Crippen molar-refractivity contribution in [1.29, 1.82) is 0 Å². The van der Waals surface area contributed by atoms with E-state index < -0.39 is 83.4 Å². The van der Waals surface area contributed by atoms with E-state index in [4.69, 9.17) is 207 Å². The van der Waals surface area contributed by atoms with Crippen molar-refractivity contribution in [3.8, 4) is 21.9 Å². The Bertz CT molecular complexity index is 7150. The molecule has 0 aliphatic carbocycles. The molecule has 130 heavy (non-hydrogen) atoms. The number of rotatable bonds is 20. The van der Waals surface area contributed by atoms with Crippen molar-refractivity contribution in [2.45, 2.75) is 38.9 Å². The molecule has 16 rings (SSSR count). The minimum Gasteiger partial charge on any atom is -0.428 e. The average Bonchev–Trinajstić information content (AvgIpc) is 1.08.